The van der Waals surface area contributed by atoms with Gasteiger partial charge in [0.15, 0.2) is 0 Å². The van der Waals surface area contributed by atoms with Gasteiger partial charge in [0.2, 0.25) is 11.1 Å². The van der Waals surface area contributed by atoms with Crippen molar-refractivity contribution in [3.05, 3.63) is 64.7 Å². The zero-order valence-electron chi connectivity index (χ0n) is 11.2. The van der Waals surface area contributed by atoms with Gasteiger partial charge in [-0.15, -0.1) is 0 Å². The summed E-state index contributed by atoms with van der Waals surface area (Å²) >= 11 is 0. The van der Waals surface area contributed by atoms with Crippen LogP contribution < -0.4 is 5.43 Å². The minimum Gasteiger partial charge on any atom is -0.464 e. The van der Waals surface area contributed by atoms with Crippen molar-refractivity contribution in [2.75, 3.05) is 7.11 Å². The molecule has 1 aromatic carbocycles. The van der Waals surface area contributed by atoms with Gasteiger partial charge in [-0.25, -0.2) is 9.48 Å². The Hall–Kier alpha value is -3.02. The van der Waals surface area contributed by atoms with Crippen molar-refractivity contribution in [1.82, 2.24) is 14.8 Å². The first-order chi connectivity index (χ1) is 10.2. The van der Waals surface area contributed by atoms with Crippen LogP contribution in [0.2, 0.25) is 0 Å². The average molecular weight is 281 g/mol. The number of rotatable bonds is 2. The lowest BCUT2D eigenvalue weighted by atomic mass is 10.2. The highest BCUT2D eigenvalue weighted by Gasteiger charge is 2.14. The number of ether oxygens (including phenoxy) is 1. The van der Waals surface area contributed by atoms with Gasteiger partial charge in [-0.1, -0.05) is 18.2 Å². The van der Waals surface area contributed by atoms with Crippen molar-refractivity contribution in [2.24, 2.45) is 0 Å². The van der Waals surface area contributed by atoms with Crippen molar-refractivity contribution in [2.45, 2.75) is 0 Å². The molecule has 2 heterocycles. The Bertz CT molecular complexity index is 881. The molecule has 0 saturated heterocycles. The Morgan fingerprint density at radius 2 is 2.00 bits per heavy atom. The predicted molar refractivity (Wildman–Crippen MR) is 76.5 cm³/mol. The molecule has 0 radical (unpaired) electrons. The molecule has 104 valence electrons. The van der Waals surface area contributed by atoms with E-state index >= 15 is 0 Å². The average Bonchev–Trinajstić information content (AvgIpc) is 2.54. The van der Waals surface area contributed by atoms with Crippen LogP contribution in [0.25, 0.3) is 16.6 Å². The molecule has 3 rings (SSSR count). The topological polar surface area (TPSA) is 74.1 Å². The van der Waals surface area contributed by atoms with Crippen molar-refractivity contribution in [3.63, 3.8) is 0 Å². The number of methoxy groups -OCH3 is 1. The predicted octanol–water partition coefficient (Wildman–Crippen LogP) is 1.57. The third-order valence-electron chi connectivity index (χ3n) is 3.05. The van der Waals surface area contributed by atoms with Crippen LogP contribution in [0.5, 0.6) is 0 Å². The Balaban J connectivity index is 2.24. The smallest absolute Gasteiger partial charge is 0.362 e. The molecular formula is C15H11N3O3. The largest absolute Gasteiger partial charge is 0.464 e. The standard InChI is InChI=1S/C15H11N3O3/c1-21-15(20)14-12(19)7-9-18(17-14)11-6-2-4-10-5-3-8-16-13(10)11/h2-9H,1H3. The summed E-state index contributed by atoms with van der Waals surface area (Å²) in [7, 11) is 1.21. The van der Waals surface area contributed by atoms with E-state index in [4.69, 9.17) is 0 Å². The maximum Gasteiger partial charge on any atom is 0.362 e. The molecule has 0 unspecified atom stereocenters. The highest BCUT2D eigenvalue weighted by molar-refractivity contribution is 5.88. The summed E-state index contributed by atoms with van der Waals surface area (Å²) < 4.78 is 6.01. The molecule has 0 saturated carbocycles. The number of para-hydroxylation sites is 1. The van der Waals surface area contributed by atoms with E-state index < -0.39 is 11.4 Å². The van der Waals surface area contributed by atoms with Gasteiger partial charge in [0.05, 0.1) is 18.3 Å². The van der Waals surface area contributed by atoms with Gasteiger partial charge in [0.1, 0.15) is 0 Å². The summed E-state index contributed by atoms with van der Waals surface area (Å²) in [6, 6.07) is 10.6. The Morgan fingerprint density at radius 1 is 1.19 bits per heavy atom. The molecule has 0 bridgehead atoms. The first-order valence-corrected chi connectivity index (χ1v) is 6.23. The number of hydrogen-bond acceptors (Lipinski definition) is 5. The lowest BCUT2D eigenvalue weighted by Crippen LogP contribution is -2.21. The molecule has 0 aliphatic carbocycles. The second-order valence-corrected chi connectivity index (χ2v) is 4.32. The summed E-state index contributed by atoms with van der Waals surface area (Å²) in [5.74, 6) is -0.762. The van der Waals surface area contributed by atoms with Gasteiger partial charge in [-0.2, -0.15) is 5.10 Å². The first-order valence-electron chi connectivity index (χ1n) is 6.23. The van der Waals surface area contributed by atoms with Gasteiger partial charge in [0.25, 0.3) is 0 Å². The van der Waals surface area contributed by atoms with Gasteiger partial charge in [-0.05, 0) is 12.1 Å². The lowest BCUT2D eigenvalue weighted by molar-refractivity contribution is 0.0590. The second-order valence-electron chi connectivity index (χ2n) is 4.32. The summed E-state index contributed by atoms with van der Waals surface area (Å²) in [6.45, 7) is 0. The van der Waals surface area contributed by atoms with Gasteiger partial charge >= 0.3 is 5.97 Å². The van der Waals surface area contributed by atoms with Crippen molar-refractivity contribution in [1.29, 1.82) is 0 Å². The van der Waals surface area contributed by atoms with E-state index in [1.54, 1.807) is 6.20 Å². The maximum absolute atomic E-state index is 11.7. The summed E-state index contributed by atoms with van der Waals surface area (Å²) in [5, 5.41) is 4.99. The van der Waals surface area contributed by atoms with E-state index in [1.165, 1.54) is 24.1 Å². The maximum atomic E-state index is 11.7. The zero-order chi connectivity index (χ0) is 14.8. The highest BCUT2D eigenvalue weighted by atomic mass is 16.5. The van der Waals surface area contributed by atoms with Gasteiger partial charge in [-0.3, -0.25) is 9.78 Å². The number of nitrogens with zero attached hydrogens (tertiary/aromatic N) is 3. The molecule has 0 N–H and O–H groups in total. The quantitative estimate of drug-likeness (QED) is 0.666. The molecular weight excluding hydrogens is 270 g/mol. The molecule has 21 heavy (non-hydrogen) atoms. The van der Waals surface area contributed by atoms with Crippen LogP contribution in [0.1, 0.15) is 10.5 Å². The van der Waals surface area contributed by atoms with Crippen LogP contribution in [-0.2, 0) is 4.74 Å². The van der Waals surface area contributed by atoms with E-state index in [2.05, 4.69) is 14.8 Å². The zero-order valence-corrected chi connectivity index (χ0v) is 11.2. The number of hydrogen-bond donors (Lipinski definition) is 0. The van der Waals surface area contributed by atoms with E-state index in [0.717, 1.165) is 10.9 Å². The normalized spacial score (nSPS) is 10.5. The summed E-state index contributed by atoms with van der Waals surface area (Å²) in [5.41, 5.74) is 0.671. The van der Waals surface area contributed by atoms with E-state index in [9.17, 15) is 9.59 Å². The van der Waals surface area contributed by atoms with Crippen LogP contribution in [0.4, 0.5) is 0 Å². The number of fused-ring (bicyclic) bond motifs is 1. The molecule has 0 spiro atoms. The fourth-order valence-electron chi connectivity index (χ4n) is 2.05. The third-order valence-corrected chi connectivity index (χ3v) is 3.05. The van der Waals surface area contributed by atoms with Crippen molar-refractivity contribution >= 4 is 16.9 Å². The number of aromatic nitrogens is 3. The molecule has 3 aromatic rings. The van der Waals surface area contributed by atoms with Crippen LogP contribution >= 0.6 is 0 Å². The summed E-state index contributed by atoms with van der Waals surface area (Å²) in [4.78, 5) is 27.6. The Labute approximate surface area is 119 Å². The number of pyridine rings is 1. The summed E-state index contributed by atoms with van der Waals surface area (Å²) in [6.07, 6.45) is 3.17. The number of esters is 1. The molecule has 0 fully saturated rings. The SMILES string of the molecule is COC(=O)c1nn(-c2cccc3cccnc23)ccc1=O. The molecule has 2 aromatic heterocycles. The molecule has 0 amide bonds. The van der Waals surface area contributed by atoms with E-state index in [-0.39, 0.29) is 5.69 Å². The van der Waals surface area contributed by atoms with E-state index in [1.807, 2.05) is 30.3 Å². The second kappa shape index (κ2) is 5.16. The fraction of sp³-hybridized carbons (Fsp3) is 0.0667. The minimum absolute atomic E-state index is 0.257. The van der Waals surface area contributed by atoms with Crippen molar-refractivity contribution < 1.29 is 9.53 Å². The molecule has 0 aliphatic rings. The van der Waals surface area contributed by atoms with Gasteiger partial charge in [0, 0.05) is 23.8 Å². The monoisotopic (exact) mass is 281 g/mol. The van der Waals surface area contributed by atoms with Crippen LogP contribution in [0.15, 0.2) is 53.6 Å². The highest BCUT2D eigenvalue weighted by Crippen LogP contribution is 2.18. The van der Waals surface area contributed by atoms with Crippen LogP contribution in [0.3, 0.4) is 0 Å². The lowest BCUT2D eigenvalue weighted by Gasteiger charge is -2.08. The van der Waals surface area contributed by atoms with Crippen molar-refractivity contribution in [3.8, 4) is 5.69 Å². The Kier molecular flexibility index (Phi) is 3.19. The number of carbonyl (C=O) groups is 1. The fourth-order valence-corrected chi connectivity index (χ4v) is 2.05. The number of benzene rings is 1. The Morgan fingerprint density at radius 3 is 2.81 bits per heavy atom. The van der Waals surface area contributed by atoms with E-state index in [0.29, 0.717) is 5.69 Å². The third kappa shape index (κ3) is 2.27. The van der Waals surface area contributed by atoms with Crippen LogP contribution in [-0.4, -0.2) is 27.8 Å². The molecule has 0 atom stereocenters. The molecule has 6 heteroatoms. The van der Waals surface area contributed by atoms with Gasteiger partial charge < -0.3 is 4.74 Å². The minimum atomic E-state index is -0.762. The number of carbonyl (C=O) groups excluding carboxylic acids is 1. The molecule has 6 nitrogen and oxygen atoms in total. The van der Waals surface area contributed by atoms with Crippen LogP contribution in [0, 0.1) is 0 Å². The molecule has 0 aliphatic heterocycles. The first kappa shape index (κ1) is 13.0.